The lowest BCUT2D eigenvalue weighted by Crippen LogP contribution is -2.44. The summed E-state index contributed by atoms with van der Waals surface area (Å²) in [6.45, 7) is 3.36. The first kappa shape index (κ1) is 14.4. The Morgan fingerprint density at radius 1 is 1.12 bits per heavy atom. The standard InChI is InChI=1S/C10H17NO5/c1-6(2)9(13)11-7(10(14)16-4)5-8(12)15-3/h6-7H,5H2,1-4H3,(H,11,13)/t7-/m1/s1. The highest BCUT2D eigenvalue weighted by Gasteiger charge is 2.25. The van der Waals surface area contributed by atoms with Crippen LogP contribution in [0.3, 0.4) is 0 Å². The molecule has 1 amide bonds. The van der Waals surface area contributed by atoms with Gasteiger partial charge < -0.3 is 14.8 Å². The SMILES string of the molecule is COC(=O)C[C@@H](NC(=O)C(C)C)C(=O)OC. The molecule has 0 saturated heterocycles. The number of ether oxygens (including phenoxy) is 2. The van der Waals surface area contributed by atoms with Crippen LogP contribution in [-0.2, 0) is 23.9 Å². The van der Waals surface area contributed by atoms with Crippen molar-refractivity contribution in [1.29, 1.82) is 0 Å². The number of rotatable bonds is 5. The Bertz CT molecular complexity index is 274. The van der Waals surface area contributed by atoms with Crippen LogP contribution in [0.15, 0.2) is 0 Å². The van der Waals surface area contributed by atoms with E-state index in [9.17, 15) is 14.4 Å². The Kier molecular flexibility index (Phi) is 6.14. The van der Waals surface area contributed by atoms with E-state index in [1.807, 2.05) is 0 Å². The number of nitrogens with one attached hydrogen (secondary N) is 1. The zero-order valence-corrected chi connectivity index (χ0v) is 9.90. The Morgan fingerprint density at radius 2 is 1.69 bits per heavy atom. The van der Waals surface area contributed by atoms with E-state index >= 15 is 0 Å². The fourth-order valence-electron chi connectivity index (χ4n) is 0.924. The first-order valence-electron chi connectivity index (χ1n) is 4.87. The fourth-order valence-corrected chi connectivity index (χ4v) is 0.924. The van der Waals surface area contributed by atoms with Gasteiger partial charge in [-0.2, -0.15) is 0 Å². The first-order chi connectivity index (χ1) is 7.42. The number of carbonyl (C=O) groups is 3. The molecule has 0 aromatic carbocycles. The van der Waals surface area contributed by atoms with Crippen LogP contribution < -0.4 is 5.32 Å². The van der Waals surface area contributed by atoms with Crippen molar-refractivity contribution in [2.75, 3.05) is 14.2 Å². The average molecular weight is 231 g/mol. The second-order valence-electron chi connectivity index (χ2n) is 3.52. The summed E-state index contributed by atoms with van der Waals surface area (Å²) in [5.74, 6) is -1.84. The highest BCUT2D eigenvalue weighted by atomic mass is 16.5. The molecule has 0 bridgehead atoms. The summed E-state index contributed by atoms with van der Waals surface area (Å²) >= 11 is 0. The number of hydrogen-bond donors (Lipinski definition) is 1. The van der Waals surface area contributed by atoms with Gasteiger partial charge in [-0.3, -0.25) is 9.59 Å². The fraction of sp³-hybridized carbons (Fsp3) is 0.700. The highest BCUT2D eigenvalue weighted by molar-refractivity contribution is 5.88. The van der Waals surface area contributed by atoms with Crippen LogP contribution >= 0.6 is 0 Å². The molecule has 0 heterocycles. The van der Waals surface area contributed by atoms with Gasteiger partial charge >= 0.3 is 11.9 Å². The van der Waals surface area contributed by atoms with Gasteiger partial charge in [0.05, 0.1) is 20.6 Å². The summed E-state index contributed by atoms with van der Waals surface area (Å²) in [7, 11) is 2.40. The third-order valence-electron chi connectivity index (χ3n) is 1.93. The van der Waals surface area contributed by atoms with E-state index < -0.39 is 18.0 Å². The maximum Gasteiger partial charge on any atom is 0.328 e. The quantitative estimate of drug-likeness (QED) is 0.666. The van der Waals surface area contributed by atoms with Crippen molar-refractivity contribution in [3.8, 4) is 0 Å². The molecular formula is C10H17NO5. The molecule has 1 N–H and O–H groups in total. The van der Waals surface area contributed by atoms with Gasteiger partial charge in [-0.25, -0.2) is 4.79 Å². The van der Waals surface area contributed by atoms with Gasteiger partial charge in [0.15, 0.2) is 0 Å². The molecular weight excluding hydrogens is 214 g/mol. The minimum Gasteiger partial charge on any atom is -0.469 e. The van der Waals surface area contributed by atoms with E-state index in [1.54, 1.807) is 13.8 Å². The molecule has 0 radical (unpaired) electrons. The lowest BCUT2D eigenvalue weighted by atomic mass is 10.1. The molecule has 0 aromatic rings. The number of amides is 1. The Balaban J connectivity index is 4.49. The molecule has 0 rings (SSSR count). The van der Waals surface area contributed by atoms with Crippen LogP contribution in [0.4, 0.5) is 0 Å². The lowest BCUT2D eigenvalue weighted by molar-refractivity contribution is -0.151. The molecule has 0 saturated carbocycles. The largest absolute Gasteiger partial charge is 0.469 e. The summed E-state index contributed by atoms with van der Waals surface area (Å²) in [6, 6.07) is -0.993. The maximum absolute atomic E-state index is 11.4. The van der Waals surface area contributed by atoms with E-state index in [1.165, 1.54) is 14.2 Å². The van der Waals surface area contributed by atoms with Crippen molar-refractivity contribution in [2.24, 2.45) is 5.92 Å². The average Bonchev–Trinajstić information content (AvgIpc) is 2.26. The Morgan fingerprint density at radius 3 is 2.06 bits per heavy atom. The van der Waals surface area contributed by atoms with Crippen LogP contribution in [0.2, 0.25) is 0 Å². The summed E-state index contributed by atoms with van der Waals surface area (Å²) in [6.07, 6.45) is -0.234. The maximum atomic E-state index is 11.4. The van der Waals surface area contributed by atoms with E-state index in [0.29, 0.717) is 0 Å². The molecule has 0 aromatic heterocycles. The van der Waals surface area contributed by atoms with Gasteiger partial charge in [-0.05, 0) is 0 Å². The van der Waals surface area contributed by atoms with Crippen molar-refractivity contribution >= 4 is 17.8 Å². The van der Waals surface area contributed by atoms with Crippen LogP contribution in [0.1, 0.15) is 20.3 Å². The smallest absolute Gasteiger partial charge is 0.328 e. The van der Waals surface area contributed by atoms with Crippen molar-refractivity contribution in [3.63, 3.8) is 0 Å². The monoisotopic (exact) mass is 231 g/mol. The van der Waals surface area contributed by atoms with Gasteiger partial charge in [0.1, 0.15) is 6.04 Å². The number of esters is 2. The van der Waals surface area contributed by atoms with Crippen LogP contribution in [0.25, 0.3) is 0 Å². The van der Waals surface area contributed by atoms with E-state index in [0.717, 1.165) is 0 Å². The second-order valence-corrected chi connectivity index (χ2v) is 3.52. The van der Waals surface area contributed by atoms with Gasteiger partial charge in [-0.15, -0.1) is 0 Å². The number of carbonyl (C=O) groups excluding carboxylic acids is 3. The number of methoxy groups -OCH3 is 2. The van der Waals surface area contributed by atoms with Crippen LogP contribution in [-0.4, -0.2) is 38.1 Å². The van der Waals surface area contributed by atoms with E-state index in [2.05, 4.69) is 14.8 Å². The molecule has 1 atom stereocenters. The third-order valence-corrected chi connectivity index (χ3v) is 1.93. The predicted octanol–water partition coefficient (Wildman–Crippen LogP) is -0.137. The molecule has 0 aliphatic carbocycles. The Labute approximate surface area is 94.3 Å². The molecule has 0 aliphatic heterocycles. The topological polar surface area (TPSA) is 81.7 Å². The molecule has 6 nitrogen and oxygen atoms in total. The minimum atomic E-state index is -0.993. The summed E-state index contributed by atoms with van der Waals surface area (Å²) in [5, 5.41) is 2.42. The lowest BCUT2D eigenvalue weighted by Gasteiger charge is -2.16. The van der Waals surface area contributed by atoms with E-state index in [-0.39, 0.29) is 18.2 Å². The normalized spacial score (nSPS) is 11.8. The van der Waals surface area contributed by atoms with Gasteiger partial charge in [0.2, 0.25) is 5.91 Å². The zero-order valence-electron chi connectivity index (χ0n) is 9.90. The second kappa shape index (κ2) is 6.81. The Hall–Kier alpha value is -1.59. The molecule has 16 heavy (non-hydrogen) atoms. The van der Waals surface area contributed by atoms with Crippen molar-refractivity contribution in [1.82, 2.24) is 5.32 Å². The summed E-state index contributed by atoms with van der Waals surface area (Å²) < 4.78 is 8.90. The molecule has 0 unspecified atom stereocenters. The van der Waals surface area contributed by atoms with Crippen LogP contribution in [0.5, 0.6) is 0 Å². The summed E-state index contributed by atoms with van der Waals surface area (Å²) in [4.78, 5) is 33.7. The molecule has 0 spiro atoms. The van der Waals surface area contributed by atoms with E-state index in [4.69, 9.17) is 0 Å². The van der Waals surface area contributed by atoms with Gasteiger partial charge in [-0.1, -0.05) is 13.8 Å². The van der Waals surface area contributed by atoms with Crippen molar-refractivity contribution < 1.29 is 23.9 Å². The highest BCUT2D eigenvalue weighted by Crippen LogP contribution is 2.00. The van der Waals surface area contributed by atoms with Gasteiger partial charge in [0.25, 0.3) is 0 Å². The third kappa shape index (κ3) is 4.77. The predicted molar refractivity (Wildman–Crippen MR) is 55.4 cm³/mol. The molecule has 92 valence electrons. The summed E-state index contributed by atoms with van der Waals surface area (Å²) in [5.41, 5.74) is 0. The zero-order chi connectivity index (χ0) is 12.7. The molecule has 0 fully saturated rings. The first-order valence-corrected chi connectivity index (χ1v) is 4.87. The molecule has 0 aliphatic rings. The van der Waals surface area contributed by atoms with Crippen LogP contribution in [0, 0.1) is 5.92 Å². The number of hydrogen-bond acceptors (Lipinski definition) is 5. The van der Waals surface area contributed by atoms with Crippen molar-refractivity contribution in [3.05, 3.63) is 0 Å². The minimum absolute atomic E-state index is 0.234. The van der Waals surface area contributed by atoms with Gasteiger partial charge in [0, 0.05) is 5.92 Å². The molecule has 6 heteroatoms. The van der Waals surface area contributed by atoms with Crippen molar-refractivity contribution in [2.45, 2.75) is 26.3 Å².